The molecule has 2 aromatic rings. The van der Waals surface area contributed by atoms with Crippen LogP contribution in [-0.4, -0.2) is 72.6 Å². The van der Waals surface area contributed by atoms with Crippen molar-refractivity contribution in [3.8, 4) is 0 Å². The Hall–Kier alpha value is -2.71. The Morgan fingerprint density at radius 2 is 1.81 bits per heavy atom. The highest BCUT2D eigenvalue weighted by Gasteiger charge is 2.24. The van der Waals surface area contributed by atoms with Crippen molar-refractivity contribution in [1.82, 2.24) is 20.6 Å². The Labute approximate surface area is 185 Å². The number of carbonyl (C=O) groups excluding carboxylic acids is 2. The maximum atomic E-state index is 12.8. The second kappa shape index (κ2) is 12.2. The smallest absolute Gasteiger partial charge is 0.242 e. The van der Waals surface area contributed by atoms with E-state index in [4.69, 9.17) is 5.73 Å². The predicted octanol–water partition coefficient (Wildman–Crippen LogP) is 1.000. The minimum Gasteiger partial charge on any atom is -0.354 e. The van der Waals surface area contributed by atoms with Gasteiger partial charge in [0.2, 0.25) is 11.8 Å². The van der Waals surface area contributed by atoms with Crippen LogP contribution in [0.4, 0.5) is 0 Å². The monoisotopic (exact) mass is 429 g/mol. The van der Waals surface area contributed by atoms with Crippen LogP contribution in [0, 0.1) is 0 Å². The fourth-order valence-electron chi connectivity index (χ4n) is 3.29. The number of H-pyrrole nitrogens is 1. The van der Waals surface area contributed by atoms with Crippen LogP contribution in [0.2, 0.25) is 0 Å². The summed E-state index contributed by atoms with van der Waals surface area (Å²) in [5.74, 6) is -0.536. The first-order valence-corrected chi connectivity index (χ1v) is 10.9. The van der Waals surface area contributed by atoms with Crippen LogP contribution in [0.3, 0.4) is 0 Å². The first kappa shape index (κ1) is 24.6. The number of imidazole rings is 1. The molecule has 8 nitrogen and oxygen atoms in total. The number of hydrogen-bond acceptors (Lipinski definition) is 4. The Morgan fingerprint density at radius 1 is 1.06 bits per heavy atom. The van der Waals surface area contributed by atoms with E-state index in [2.05, 4.69) is 41.7 Å². The van der Waals surface area contributed by atoms with E-state index >= 15 is 0 Å². The van der Waals surface area contributed by atoms with Gasteiger partial charge in [-0.05, 0) is 24.8 Å². The van der Waals surface area contributed by atoms with Crippen LogP contribution >= 0.6 is 0 Å². The Balaban J connectivity index is 1.88. The molecule has 0 aliphatic rings. The fourth-order valence-corrected chi connectivity index (χ4v) is 3.29. The van der Waals surface area contributed by atoms with Gasteiger partial charge in [0.1, 0.15) is 6.04 Å². The molecule has 2 amide bonds. The molecule has 0 radical (unpaired) electrons. The average Bonchev–Trinajstić information content (AvgIpc) is 3.22. The van der Waals surface area contributed by atoms with E-state index < -0.39 is 12.1 Å². The molecular formula is C23H37N6O2+. The molecule has 8 heteroatoms. The third kappa shape index (κ3) is 9.76. The summed E-state index contributed by atoms with van der Waals surface area (Å²) in [6.45, 7) is 1.70. The summed E-state index contributed by atoms with van der Waals surface area (Å²) in [6, 6.07) is 8.22. The summed E-state index contributed by atoms with van der Waals surface area (Å²) in [5, 5.41) is 5.81. The highest BCUT2D eigenvalue weighted by Crippen LogP contribution is 2.06. The molecule has 0 unspecified atom stereocenters. The number of quaternary nitrogens is 1. The Bertz CT molecular complexity index is 786. The lowest BCUT2D eigenvalue weighted by Crippen LogP contribution is -2.53. The van der Waals surface area contributed by atoms with Crippen LogP contribution in [0.1, 0.15) is 30.5 Å². The molecule has 0 aliphatic carbocycles. The maximum absolute atomic E-state index is 12.8. The lowest BCUT2D eigenvalue weighted by atomic mass is 10.0. The van der Waals surface area contributed by atoms with Gasteiger partial charge in [-0.3, -0.25) is 9.59 Å². The average molecular weight is 430 g/mol. The van der Waals surface area contributed by atoms with E-state index in [9.17, 15) is 9.59 Å². The molecule has 0 bridgehead atoms. The third-order valence-electron chi connectivity index (χ3n) is 5.05. The van der Waals surface area contributed by atoms with Crippen molar-refractivity contribution in [2.45, 2.75) is 44.2 Å². The molecule has 1 aromatic carbocycles. The SMILES string of the molecule is C[N+](C)(C)CCCCCNC(=O)[C@H](Cc1ccccc1)NC(=O)[C@@H](N)Cc1cnc[nH]1. The van der Waals surface area contributed by atoms with E-state index in [1.165, 1.54) is 0 Å². The number of hydrogen-bond donors (Lipinski definition) is 4. The van der Waals surface area contributed by atoms with E-state index in [0.29, 0.717) is 19.4 Å². The number of aromatic amines is 1. The molecule has 0 aliphatic heterocycles. The maximum Gasteiger partial charge on any atom is 0.242 e. The number of amides is 2. The number of nitrogens with zero attached hydrogens (tertiary/aromatic N) is 2. The summed E-state index contributed by atoms with van der Waals surface area (Å²) in [7, 11) is 6.53. The van der Waals surface area contributed by atoms with Crippen molar-refractivity contribution in [3.63, 3.8) is 0 Å². The predicted molar refractivity (Wildman–Crippen MR) is 122 cm³/mol. The number of nitrogens with one attached hydrogen (secondary N) is 3. The molecule has 0 saturated carbocycles. The van der Waals surface area contributed by atoms with Crippen molar-refractivity contribution in [3.05, 3.63) is 54.1 Å². The first-order chi connectivity index (χ1) is 14.7. The van der Waals surface area contributed by atoms with Crippen molar-refractivity contribution in [1.29, 1.82) is 0 Å². The van der Waals surface area contributed by atoms with E-state index in [0.717, 1.165) is 41.5 Å². The largest absolute Gasteiger partial charge is 0.354 e. The molecule has 0 spiro atoms. The molecule has 2 rings (SSSR count). The fraction of sp³-hybridized carbons (Fsp3) is 0.522. The minimum atomic E-state index is -0.762. The van der Waals surface area contributed by atoms with Gasteiger partial charge in [-0.25, -0.2) is 4.98 Å². The Morgan fingerprint density at radius 3 is 2.45 bits per heavy atom. The van der Waals surface area contributed by atoms with Gasteiger partial charge in [-0.2, -0.15) is 0 Å². The van der Waals surface area contributed by atoms with Crippen LogP contribution in [-0.2, 0) is 22.4 Å². The summed E-state index contributed by atoms with van der Waals surface area (Å²) in [6.07, 6.45) is 7.02. The zero-order valence-corrected chi connectivity index (χ0v) is 18.9. The molecule has 2 atom stereocenters. The molecule has 31 heavy (non-hydrogen) atoms. The lowest BCUT2D eigenvalue weighted by molar-refractivity contribution is -0.870. The van der Waals surface area contributed by atoms with Crippen LogP contribution < -0.4 is 16.4 Å². The quantitative estimate of drug-likeness (QED) is 0.281. The molecule has 170 valence electrons. The van der Waals surface area contributed by atoms with Crippen LogP contribution in [0.25, 0.3) is 0 Å². The van der Waals surface area contributed by atoms with Crippen molar-refractivity contribution in [2.24, 2.45) is 5.73 Å². The van der Waals surface area contributed by atoms with E-state index in [-0.39, 0.29) is 11.8 Å². The molecule has 0 saturated heterocycles. The van der Waals surface area contributed by atoms with Gasteiger partial charge >= 0.3 is 0 Å². The van der Waals surface area contributed by atoms with Crippen LogP contribution in [0.15, 0.2) is 42.9 Å². The number of nitrogens with two attached hydrogens (primary N) is 1. The van der Waals surface area contributed by atoms with Gasteiger partial charge in [0, 0.05) is 31.3 Å². The number of benzene rings is 1. The summed E-state index contributed by atoms with van der Waals surface area (Å²) in [4.78, 5) is 32.3. The molecular weight excluding hydrogens is 392 g/mol. The van der Waals surface area contributed by atoms with Crippen molar-refractivity contribution < 1.29 is 14.1 Å². The zero-order valence-electron chi connectivity index (χ0n) is 18.9. The Kier molecular flexibility index (Phi) is 9.68. The molecule has 1 heterocycles. The standard InChI is InChI=1S/C23H36N6O2/c1-29(2,3)13-9-5-8-12-26-23(31)21(14-18-10-6-4-7-11-18)28-22(30)20(24)15-19-16-25-17-27-19/h4,6-7,10-11,16-17,20-21H,5,8-9,12-15,24H2,1-3H3,(H2-,25,26,27,28,30,31)/p+1/t20-,21-/m0/s1. The third-order valence-corrected chi connectivity index (χ3v) is 5.05. The molecule has 1 aromatic heterocycles. The molecule has 5 N–H and O–H groups in total. The summed E-state index contributed by atoms with van der Waals surface area (Å²) >= 11 is 0. The highest BCUT2D eigenvalue weighted by atomic mass is 16.2. The lowest BCUT2D eigenvalue weighted by Gasteiger charge is -2.23. The second-order valence-corrected chi connectivity index (χ2v) is 9.00. The zero-order chi connectivity index (χ0) is 22.7. The van der Waals surface area contributed by atoms with Crippen molar-refractivity contribution in [2.75, 3.05) is 34.2 Å². The minimum absolute atomic E-state index is 0.183. The van der Waals surface area contributed by atoms with Crippen LogP contribution in [0.5, 0.6) is 0 Å². The van der Waals surface area contributed by atoms with Gasteiger partial charge in [0.05, 0.1) is 40.1 Å². The molecule has 0 fully saturated rings. The topological polar surface area (TPSA) is 113 Å². The number of unbranched alkanes of at least 4 members (excludes halogenated alkanes) is 2. The summed E-state index contributed by atoms with van der Waals surface area (Å²) < 4.78 is 0.941. The van der Waals surface area contributed by atoms with Gasteiger partial charge in [0.15, 0.2) is 0 Å². The number of carbonyl (C=O) groups is 2. The van der Waals surface area contributed by atoms with Gasteiger partial charge < -0.3 is 25.8 Å². The van der Waals surface area contributed by atoms with Gasteiger partial charge in [-0.1, -0.05) is 30.3 Å². The summed E-state index contributed by atoms with van der Waals surface area (Å²) in [5.41, 5.74) is 7.81. The van der Waals surface area contributed by atoms with E-state index in [1.807, 2.05) is 30.3 Å². The normalized spacial score (nSPS) is 13.4. The first-order valence-electron chi connectivity index (χ1n) is 10.9. The van der Waals surface area contributed by atoms with Gasteiger partial charge in [-0.15, -0.1) is 0 Å². The number of aromatic nitrogens is 2. The second-order valence-electron chi connectivity index (χ2n) is 9.00. The highest BCUT2D eigenvalue weighted by molar-refractivity contribution is 5.90. The van der Waals surface area contributed by atoms with Crippen molar-refractivity contribution >= 4 is 11.8 Å². The van der Waals surface area contributed by atoms with E-state index in [1.54, 1.807) is 12.5 Å². The van der Waals surface area contributed by atoms with Gasteiger partial charge in [0.25, 0.3) is 0 Å². The number of rotatable bonds is 13.